The molecule has 1 aliphatic heterocycles. The van der Waals surface area contributed by atoms with Crippen molar-refractivity contribution in [1.82, 2.24) is 9.03 Å². The normalized spacial score (nSPS) is 20.2. The molecule has 7 nitrogen and oxygen atoms in total. The van der Waals surface area contributed by atoms with Gasteiger partial charge in [0.2, 0.25) is 0 Å². The second-order valence-corrected chi connectivity index (χ2v) is 7.26. The number of nitrogens with one attached hydrogen (secondary N) is 1. The third-order valence-corrected chi connectivity index (χ3v) is 4.96. The molecule has 4 N–H and O–H groups in total. The first-order valence-electron chi connectivity index (χ1n) is 6.52. The molecule has 1 rings (SSSR count). The molecule has 0 aliphatic carbocycles. The summed E-state index contributed by atoms with van der Waals surface area (Å²) in [6.45, 7) is 4.64. The lowest BCUT2D eigenvalue weighted by Gasteiger charge is -2.26. The molecule has 1 aliphatic rings. The van der Waals surface area contributed by atoms with Gasteiger partial charge in [-0.05, 0) is 12.8 Å². The van der Waals surface area contributed by atoms with Crippen LogP contribution < -0.4 is 10.5 Å². The summed E-state index contributed by atoms with van der Waals surface area (Å²) in [6.07, 6.45) is 3.93. The monoisotopic (exact) mass is 292 g/mol. The molecule has 0 radical (unpaired) electrons. The highest BCUT2D eigenvalue weighted by Gasteiger charge is 2.29. The van der Waals surface area contributed by atoms with Gasteiger partial charge in [0, 0.05) is 25.0 Å². The number of rotatable bonds is 5. The van der Waals surface area contributed by atoms with Gasteiger partial charge in [0.25, 0.3) is 10.2 Å². The highest BCUT2D eigenvalue weighted by molar-refractivity contribution is 7.87. The molecule has 1 heterocycles. The highest BCUT2D eigenvalue weighted by Crippen LogP contribution is 2.16. The maximum absolute atomic E-state index is 12.2. The predicted molar refractivity (Wildman–Crippen MR) is 74.2 cm³/mol. The highest BCUT2D eigenvalue weighted by atomic mass is 32.2. The Balaban J connectivity index is 2.64. The van der Waals surface area contributed by atoms with Crippen LogP contribution in [-0.2, 0) is 10.2 Å². The van der Waals surface area contributed by atoms with Crippen LogP contribution in [0.15, 0.2) is 5.16 Å². The zero-order valence-corrected chi connectivity index (χ0v) is 12.4. The average molecular weight is 292 g/mol. The van der Waals surface area contributed by atoms with Gasteiger partial charge >= 0.3 is 0 Å². The molecule has 112 valence electrons. The van der Waals surface area contributed by atoms with Crippen LogP contribution in [0.1, 0.15) is 39.5 Å². The first kappa shape index (κ1) is 16.2. The number of amidine groups is 1. The van der Waals surface area contributed by atoms with Crippen molar-refractivity contribution < 1.29 is 13.6 Å². The Morgan fingerprint density at radius 1 is 1.32 bits per heavy atom. The quantitative estimate of drug-likeness (QED) is 0.296. The standard InChI is InChI=1S/C11H24N4O3S/c1-11(2,10(12)14-16)9-13-19(17,18)15-7-5-3-4-6-8-15/h13,16H,3-9H2,1-2H3,(H2,12,14). The molecular weight excluding hydrogens is 268 g/mol. The van der Waals surface area contributed by atoms with Crippen LogP contribution in [0, 0.1) is 5.41 Å². The van der Waals surface area contributed by atoms with Crippen molar-refractivity contribution >= 4 is 16.0 Å². The van der Waals surface area contributed by atoms with Crippen molar-refractivity contribution in [3.8, 4) is 0 Å². The van der Waals surface area contributed by atoms with Crippen LogP contribution in [0.5, 0.6) is 0 Å². The molecule has 0 atom stereocenters. The smallest absolute Gasteiger partial charge is 0.279 e. The number of oxime groups is 1. The summed E-state index contributed by atoms with van der Waals surface area (Å²) < 4.78 is 28.3. The van der Waals surface area contributed by atoms with Crippen molar-refractivity contribution in [2.24, 2.45) is 16.3 Å². The molecule has 1 saturated heterocycles. The van der Waals surface area contributed by atoms with Gasteiger partial charge in [-0.3, -0.25) is 0 Å². The van der Waals surface area contributed by atoms with Crippen LogP contribution in [0.25, 0.3) is 0 Å². The van der Waals surface area contributed by atoms with Gasteiger partial charge < -0.3 is 10.9 Å². The summed E-state index contributed by atoms with van der Waals surface area (Å²) in [5.74, 6) is 0.00562. The van der Waals surface area contributed by atoms with E-state index in [1.54, 1.807) is 13.8 Å². The molecule has 0 spiro atoms. The number of nitrogens with zero attached hydrogens (tertiary/aromatic N) is 2. The lowest BCUT2D eigenvalue weighted by molar-refractivity contribution is 0.307. The third kappa shape index (κ3) is 4.63. The summed E-state index contributed by atoms with van der Waals surface area (Å²) in [6, 6.07) is 0. The Bertz CT molecular complexity index is 412. The zero-order valence-electron chi connectivity index (χ0n) is 11.6. The SMILES string of the molecule is CC(C)(CNS(=O)(=O)N1CCCCCC1)C(N)=NO. The minimum absolute atomic E-state index is 0.00562. The maximum atomic E-state index is 12.2. The zero-order chi connectivity index (χ0) is 14.5. The molecule has 0 amide bonds. The molecule has 0 aromatic heterocycles. The van der Waals surface area contributed by atoms with Gasteiger partial charge in [0.1, 0.15) is 5.84 Å². The van der Waals surface area contributed by atoms with E-state index in [2.05, 4.69) is 9.88 Å². The van der Waals surface area contributed by atoms with Gasteiger partial charge in [-0.1, -0.05) is 31.8 Å². The minimum Gasteiger partial charge on any atom is -0.409 e. The maximum Gasteiger partial charge on any atom is 0.279 e. The summed E-state index contributed by atoms with van der Waals surface area (Å²) in [4.78, 5) is 0. The Morgan fingerprint density at radius 2 is 1.84 bits per heavy atom. The first-order valence-corrected chi connectivity index (χ1v) is 7.96. The fraction of sp³-hybridized carbons (Fsp3) is 0.909. The summed E-state index contributed by atoms with van der Waals surface area (Å²) in [5, 5.41) is 11.6. The number of hydrogen-bond donors (Lipinski definition) is 3. The van der Waals surface area contributed by atoms with E-state index in [0.717, 1.165) is 25.7 Å². The fourth-order valence-corrected chi connectivity index (χ4v) is 3.34. The van der Waals surface area contributed by atoms with E-state index in [1.807, 2.05) is 0 Å². The van der Waals surface area contributed by atoms with Gasteiger partial charge in [-0.2, -0.15) is 12.7 Å². The summed E-state index contributed by atoms with van der Waals surface area (Å²) in [7, 11) is -3.49. The van der Waals surface area contributed by atoms with Crippen LogP contribution in [0.3, 0.4) is 0 Å². The van der Waals surface area contributed by atoms with Crippen LogP contribution >= 0.6 is 0 Å². The van der Waals surface area contributed by atoms with Gasteiger partial charge in [0.15, 0.2) is 0 Å². The first-order chi connectivity index (χ1) is 8.79. The van der Waals surface area contributed by atoms with Crippen molar-refractivity contribution in [2.75, 3.05) is 19.6 Å². The second-order valence-electron chi connectivity index (χ2n) is 5.51. The van der Waals surface area contributed by atoms with E-state index >= 15 is 0 Å². The van der Waals surface area contributed by atoms with E-state index in [-0.39, 0.29) is 12.4 Å². The minimum atomic E-state index is -3.49. The van der Waals surface area contributed by atoms with Crippen LogP contribution in [0.4, 0.5) is 0 Å². The van der Waals surface area contributed by atoms with Gasteiger partial charge in [0.05, 0.1) is 0 Å². The number of hydrogen-bond acceptors (Lipinski definition) is 4. The van der Waals surface area contributed by atoms with E-state index in [0.29, 0.717) is 13.1 Å². The lowest BCUT2D eigenvalue weighted by Crippen LogP contribution is -2.47. The van der Waals surface area contributed by atoms with Crippen LogP contribution in [0.2, 0.25) is 0 Å². The molecule has 8 heteroatoms. The topological polar surface area (TPSA) is 108 Å². The van der Waals surface area contributed by atoms with Crippen LogP contribution in [-0.4, -0.2) is 43.4 Å². The van der Waals surface area contributed by atoms with Crippen molar-refractivity contribution in [3.63, 3.8) is 0 Å². The molecular formula is C11H24N4O3S. The molecule has 0 bridgehead atoms. The largest absolute Gasteiger partial charge is 0.409 e. The Labute approximate surface area is 115 Å². The Hall–Kier alpha value is -0.860. The Kier molecular flexibility index (Phi) is 5.57. The van der Waals surface area contributed by atoms with E-state index < -0.39 is 15.6 Å². The van der Waals surface area contributed by atoms with Crippen molar-refractivity contribution in [1.29, 1.82) is 0 Å². The Morgan fingerprint density at radius 3 is 2.32 bits per heavy atom. The molecule has 0 unspecified atom stereocenters. The second kappa shape index (κ2) is 6.53. The summed E-state index contributed by atoms with van der Waals surface area (Å²) >= 11 is 0. The van der Waals surface area contributed by atoms with Gasteiger partial charge in [-0.25, -0.2) is 4.72 Å². The molecule has 19 heavy (non-hydrogen) atoms. The molecule has 1 fully saturated rings. The summed E-state index contributed by atoms with van der Waals surface area (Å²) in [5.41, 5.74) is 4.81. The van der Waals surface area contributed by atoms with Gasteiger partial charge in [-0.15, -0.1) is 0 Å². The molecule has 0 aromatic carbocycles. The average Bonchev–Trinajstić information content (AvgIpc) is 2.65. The third-order valence-electron chi connectivity index (χ3n) is 3.40. The fourth-order valence-electron chi connectivity index (χ4n) is 1.87. The van der Waals surface area contributed by atoms with Crippen molar-refractivity contribution in [2.45, 2.75) is 39.5 Å². The number of nitrogens with two attached hydrogens (primary N) is 1. The van der Waals surface area contributed by atoms with E-state index in [9.17, 15) is 8.42 Å². The van der Waals surface area contributed by atoms with E-state index in [1.165, 1.54) is 4.31 Å². The molecule has 0 aromatic rings. The molecule has 0 saturated carbocycles. The predicted octanol–water partition coefficient (Wildman–Crippen LogP) is 0.469. The van der Waals surface area contributed by atoms with Crippen molar-refractivity contribution in [3.05, 3.63) is 0 Å². The lowest BCUT2D eigenvalue weighted by atomic mass is 9.93. The van der Waals surface area contributed by atoms with E-state index in [4.69, 9.17) is 10.9 Å².